The van der Waals surface area contributed by atoms with E-state index in [0.29, 0.717) is 18.1 Å². The zero-order valence-corrected chi connectivity index (χ0v) is 8.75. The van der Waals surface area contributed by atoms with Gasteiger partial charge < -0.3 is 15.8 Å². The van der Waals surface area contributed by atoms with Crippen LogP contribution in [0.2, 0.25) is 0 Å². The van der Waals surface area contributed by atoms with Crippen molar-refractivity contribution < 1.29 is 4.74 Å². The van der Waals surface area contributed by atoms with Crippen LogP contribution in [0.5, 0.6) is 0 Å². The summed E-state index contributed by atoms with van der Waals surface area (Å²) in [6, 6.07) is 0.310. The van der Waals surface area contributed by atoms with Crippen LogP contribution in [0, 0.1) is 5.92 Å². The van der Waals surface area contributed by atoms with Crippen molar-refractivity contribution in [3.63, 3.8) is 0 Å². The third kappa shape index (κ3) is 4.07. The second-order valence-corrected chi connectivity index (χ2v) is 4.09. The zero-order chi connectivity index (χ0) is 9.68. The van der Waals surface area contributed by atoms with Gasteiger partial charge in [-0.1, -0.05) is 0 Å². The van der Waals surface area contributed by atoms with Gasteiger partial charge in [0.25, 0.3) is 0 Å². The molecule has 1 aliphatic rings. The lowest BCUT2D eigenvalue weighted by atomic mass is 10.0. The van der Waals surface area contributed by atoms with E-state index < -0.39 is 0 Å². The zero-order valence-electron chi connectivity index (χ0n) is 8.75. The maximum atomic E-state index is 5.65. The van der Waals surface area contributed by atoms with Crippen LogP contribution in [0.3, 0.4) is 0 Å². The lowest BCUT2D eigenvalue weighted by molar-refractivity contribution is 0.105. The van der Waals surface area contributed by atoms with Crippen molar-refractivity contribution in [2.75, 3.05) is 19.7 Å². The molecule has 0 spiro atoms. The predicted octanol–water partition coefficient (Wildman–Crippen LogP) is 0.738. The van der Waals surface area contributed by atoms with Gasteiger partial charge in [0.1, 0.15) is 0 Å². The Labute approximate surface area is 81.0 Å². The molecule has 0 aromatic rings. The summed E-state index contributed by atoms with van der Waals surface area (Å²) in [5, 5.41) is 3.43. The number of ether oxygens (including phenoxy) is 1. The SMILES string of the molecule is CC(N)CCNCC1CCOC1C. The van der Waals surface area contributed by atoms with Gasteiger partial charge in [-0.15, -0.1) is 0 Å². The summed E-state index contributed by atoms with van der Waals surface area (Å²) in [7, 11) is 0. The minimum atomic E-state index is 0.310. The fraction of sp³-hybridized carbons (Fsp3) is 1.00. The van der Waals surface area contributed by atoms with E-state index in [1.807, 2.05) is 6.92 Å². The van der Waals surface area contributed by atoms with Crippen LogP contribution in [-0.2, 0) is 4.74 Å². The molecule has 1 saturated heterocycles. The molecular weight excluding hydrogens is 164 g/mol. The van der Waals surface area contributed by atoms with Crippen molar-refractivity contribution >= 4 is 0 Å². The molecule has 0 aromatic carbocycles. The fourth-order valence-electron chi connectivity index (χ4n) is 1.66. The average Bonchev–Trinajstić information content (AvgIpc) is 2.45. The van der Waals surface area contributed by atoms with Crippen molar-refractivity contribution in [1.29, 1.82) is 0 Å². The molecule has 0 radical (unpaired) electrons. The molecular formula is C10H22N2O. The van der Waals surface area contributed by atoms with Crippen molar-refractivity contribution in [3.05, 3.63) is 0 Å². The van der Waals surface area contributed by atoms with E-state index in [1.165, 1.54) is 6.42 Å². The molecule has 0 saturated carbocycles. The normalized spacial score (nSPS) is 30.7. The molecule has 0 bridgehead atoms. The topological polar surface area (TPSA) is 47.3 Å². The molecule has 3 nitrogen and oxygen atoms in total. The highest BCUT2D eigenvalue weighted by Gasteiger charge is 2.23. The standard InChI is InChI=1S/C10H22N2O/c1-8(11)3-5-12-7-10-4-6-13-9(10)2/h8-10,12H,3-7,11H2,1-2H3. The van der Waals surface area contributed by atoms with Gasteiger partial charge in [0.2, 0.25) is 0 Å². The van der Waals surface area contributed by atoms with Crippen LogP contribution in [0.4, 0.5) is 0 Å². The van der Waals surface area contributed by atoms with Crippen LogP contribution >= 0.6 is 0 Å². The molecule has 13 heavy (non-hydrogen) atoms. The Hall–Kier alpha value is -0.120. The van der Waals surface area contributed by atoms with E-state index >= 15 is 0 Å². The van der Waals surface area contributed by atoms with Gasteiger partial charge in [-0.05, 0) is 39.2 Å². The summed E-state index contributed by atoms with van der Waals surface area (Å²) in [6.45, 7) is 7.24. The van der Waals surface area contributed by atoms with Crippen LogP contribution in [0.25, 0.3) is 0 Å². The van der Waals surface area contributed by atoms with Crippen LogP contribution in [0.1, 0.15) is 26.7 Å². The van der Waals surface area contributed by atoms with E-state index in [0.717, 1.165) is 26.1 Å². The fourth-order valence-corrected chi connectivity index (χ4v) is 1.66. The molecule has 3 unspecified atom stereocenters. The minimum Gasteiger partial charge on any atom is -0.378 e. The van der Waals surface area contributed by atoms with Crippen LogP contribution < -0.4 is 11.1 Å². The summed E-state index contributed by atoms with van der Waals surface area (Å²) < 4.78 is 5.48. The lowest BCUT2D eigenvalue weighted by Crippen LogP contribution is -2.30. The monoisotopic (exact) mass is 186 g/mol. The Morgan fingerprint density at radius 2 is 2.38 bits per heavy atom. The second-order valence-electron chi connectivity index (χ2n) is 4.09. The molecule has 0 amide bonds. The van der Waals surface area contributed by atoms with Crippen molar-refractivity contribution in [1.82, 2.24) is 5.32 Å². The first-order valence-electron chi connectivity index (χ1n) is 5.28. The molecule has 0 aromatic heterocycles. The number of nitrogens with two attached hydrogens (primary N) is 1. The molecule has 1 heterocycles. The van der Waals surface area contributed by atoms with Crippen LogP contribution in [0.15, 0.2) is 0 Å². The smallest absolute Gasteiger partial charge is 0.0588 e. The van der Waals surface area contributed by atoms with Gasteiger partial charge in [-0.2, -0.15) is 0 Å². The van der Waals surface area contributed by atoms with E-state index in [-0.39, 0.29) is 0 Å². The van der Waals surface area contributed by atoms with Gasteiger partial charge >= 0.3 is 0 Å². The summed E-state index contributed by atoms with van der Waals surface area (Å²) in [5.74, 6) is 0.702. The third-order valence-corrected chi connectivity index (χ3v) is 2.72. The highest BCUT2D eigenvalue weighted by atomic mass is 16.5. The Morgan fingerprint density at radius 3 is 2.92 bits per heavy atom. The number of hydrogen-bond donors (Lipinski definition) is 2. The summed E-state index contributed by atoms with van der Waals surface area (Å²) in [5.41, 5.74) is 5.65. The quantitative estimate of drug-likeness (QED) is 0.623. The molecule has 1 rings (SSSR count). The van der Waals surface area contributed by atoms with E-state index in [1.54, 1.807) is 0 Å². The Morgan fingerprint density at radius 1 is 1.62 bits per heavy atom. The average molecular weight is 186 g/mol. The first kappa shape index (κ1) is 11.0. The molecule has 1 fully saturated rings. The molecule has 3 N–H and O–H groups in total. The minimum absolute atomic E-state index is 0.310. The molecule has 3 atom stereocenters. The summed E-state index contributed by atoms with van der Waals surface area (Å²) >= 11 is 0. The third-order valence-electron chi connectivity index (χ3n) is 2.72. The predicted molar refractivity (Wildman–Crippen MR) is 54.7 cm³/mol. The van der Waals surface area contributed by atoms with Gasteiger partial charge in [0, 0.05) is 19.2 Å². The van der Waals surface area contributed by atoms with Crippen LogP contribution in [-0.4, -0.2) is 31.8 Å². The Balaban J connectivity index is 1.99. The number of rotatable bonds is 5. The van der Waals surface area contributed by atoms with E-state index in [4.69, 9.17) is 10.5 Å². The Bertz CT molecular complexity index is 139. The summed E-state index contributed by atoms with van der Waals surface area (Å²) in [6.07, 6.45) is 2.69. The number of hydrogen-bond acceptors (Lipinski definition) is 3. The van der Waals surface area contributed by atoms with Crippen molar-refractivity contribution in [3.8, 4) is 0 Å². The molecule has 3 heteroatoms. The highest BCUT2D eigenvalue weighted by Crippen LogP contribution is 2.18. The maximum absolute atomic E-state index is 5.65. The number of nitrogens with one attached hydrogen (secondary N) is 1. The summed E-state index contributed by atoms with van der Waals surface area (Å²) in [4.78, 5) is 0. The van der Waals surface area contributed by atoms with Crippen molar-refractivity contribution in [2.24, 2.45) is 11.7 Å². The van der Waals surface area contributed by atoms with E-state index in [2.05, 4.69) is 12.2 Å². The van der Waals surface area contributed by atoms with Gasteiger partial charge in [-0.3, -0.25) is 0 Å². The molecule has 78 valence electrons. The van der Waals surface area contributed by atoms with Crippen molar-refractivity contribution in [2.45, 2.75) is 38.8 Å². The molecule has 0 aliphatic carbocycles. The largest absolute Gasteiger partial charge is 0.378 e. The van der Waals surface area contributed by atoms with Gasteiger partial charge in [0.05, 0.1) is 6.10 Å². The van der Waals surface area contributed by atoms with Gasteiger partial charge in [-0.25, -0.2) is 0 Å². The maximum Gasteiger partial charge on any atom is 0.0588 e. The van der Waals surface area contributed by atoms with E-state index in [9.17, 15) is 0 Å². The van der Waals surface area contributed by atoms with Gasteiger partial charge in [0.15, 0.2) is 0 Å². The molecule has 1 aliphatic heterocycles. The highest BCUT2D eigenvalue weighted by molar-refractivity contribution is 4.74. The first-order chi connectivity index (χ1) is 6.20. The second kappa shape index (κ2) is 5.58. The lowest BCUT2D eigenvalue weighted by Gasteiger charge is -2.15. The first-order valence-corrected chi connectivity index (χ1v) is 5.28. The Kier molecular flexibility index (Phi) is 4.70.